The number of benzene rings is 1. The number of thiophene rings is 1. The summed E-state index contributed by atoms with van der Waals surface area (Å²) in [6.07, 6.45) is 2.71. The van der Waals surface area contributed by atoms with Gasteiger partial charge in [0.1, 0.15) is 0 Å². The van der Waals surface area contributed by atoms with E-state index in [0.29, 0.717) is 0 Å². The van der Waals surface area contributed by atoms with Gasteiger partial charge in [0.25, 0.3) is 0 Å². The zero-order valence-corrected chi connectivity index (χ0v) is 9.78. The van der Waals surface area contributed by atoms with Crippen LogP contribution in [0.25, 0.3) is 21.3 Å². The first-order valence-electron chi connectivity index (χ1n) is 5.26. The monoisotopic (exact) mass is 239 g/mol. The molecule has 0 aliphatic heterocycles. The topological polar surface area (TPSA) is 30.0 Å². The van der Waals surface area contributed by atoms with Gasteiger partial charge in [-0.3, -0.25) is 9.78 Å². The lowest BCUT2D eigenvalue weighted by Crippen LogP contribution is -1.83. The molecule has 3 aromatic rings. The predicted octanol–water partition coefficient (Wildman–Crippen LogP) is 3.78. The molecule has 0 bridgehead atoms. The van der Waals surface area contributed by atoms with Gasteiger partial charge in [0, 0.05) is 27.6 Å². The minimum atomic E-state index is 0.729. The van der Waals surface area contributed by atoms with Gasteiger partial charge in [-0.05, 0) is 23.6 Å². The largest absolute Gasteiger partial charge is 0.298 e. The summed E-state index contributed by atoms with van der Waals surface area (Å²) in [5.41, 5.74) is 2.70. The Bertz CT molecular complexity index is 687. The Morgan fingerprint density at radius 3 is 2.94 bits per heavy atom. The summed E-state index contributed by atoms with van der Waals surface area (Å²) < 4.78 is 0. The molecule has 0 fully saturated rings. The Labute approximate surface area is 103 Å². The SMILES string of the molecule is O=Cc1ccsc1-c1cnc2ccccc2c1. The van der Waals surface area contributed by atoms with Crippen LogP contribution in [-0.4, -0.2) is 11.3 Å². The highest BCUT2D eigenvalue weighted by Gasteiger charge is 2.07. The summed E-state index contributed by atoms with van der Waals surface area (Å²) in [4.78, 5) is 16.3. The van der Waals surface area contributed by atoms with Crippen molar-refractivity contribution in [2.75, 3.05) is 0 Å². The fourth-order valence-electron chi connectivity index (χ4n) is 1.84. The highest BCUT2D eigenvalue weighted by atomic mass is 32.1. The fourth-order valence-corrected chi connectivity index (χ4v) is 2.69. The van der Waals surface area contributed by atoms with Gasteiger partial charge in [0.05, 0.1) is 5.52 Å². The minimum absolute atomic E-state index is 0.729. The molecule has 0 amide bonds. The van der Waals surface area contributed by atoms with Crippen LogP contribution in [0.15, 0.2) is 48.0 Å². The normalized spacial score (nSPS) is 10.6. The van der Waals surface area contributed by atoms with Gasteiger partial charge in [-0.25, -0.2) is 0 Å². The molecular weight excluding hydrogens is 230 g/mol. The second kappa shape index (κ2) is 4.11. The third kappa shape index (κ3) is 1.74. The van der Waals surface area contributed by atoms with Gasteiger partial charge < -0.3 is 0 Å². The first-order valence-corrected chi connectivity index (χ1v) is 6.14. The second-order valence-electron chi connectivity index (χ2n) is 3.74. The van der Waals surface area contributed by atoms with Gasteiger partial charge in [0.15, 0.2) is 6.29 Å². The van der Waals surface area contributed by atoms with Crippen molar-refractivity contribution in [1.82, 2.24) is 4.98 Å². The number of fused-ring (bicyclic) bond motifs is 1. The number of pyridine rings is 1. The lowest BCUT2D eigenvalue weighted by atomic mass is 10.1. The fraction of sp³-hybridized carbons (Fsp3) is 0. The molecule has 0 radical (unpaired) electrons. The molecule has 0 aliphatic rings. The Kier molecular flexibility index (Phi) is 2.46. The smallest absolute Gasteiger partial charge is 0.151 e. The molecule has 0 atom stereocenters. The maximum absolute atomic E-state index is 10.9. The Balaban J connectivity index is 2.21. The highest BCUT2D eigenvalue weighted by molar-refractivity contribution is 7.14. The Hall–Kier alpha value is -2.00. The Morgan fingerprint density at radius 2 is 2.06 bits per heavy atom. The highest BCUT2D eigenvalue weighted by Crippen LogP contribution is 2.29. The number of aldehydes is 1. The number of carbonyl (C=O) groups is 1. The average Bonchev–Trinajstić information content (AvgIpc) is 2.86. The van der Waals surface area contributed by atoms with E-state index in [1.165, 1.54) is 0 Å². The van der Waals surface area contributed by atoms with Crippen LogP contribution in [0, 0.1) is 0 Å². The number of aromatic nitrogens is 1. The van der Waals surface area contributed by atoms with Crippen LogP contribution in [0.1, 0.15) is 10.4 Å². The second-order valence-corrected chi connectivity index (χ2v) is 4.66. The van der Waals surface area contributed by atoms with Crippen molar-refractivity contribution in [1.29, 1.82) is 0 Å². The maximum Gasteiger partial charge on any atom is 0.151 e. The van der Waals surface area contributed by atoms with Crippen molar-refractivity contribution in [2.24, 2.45) is 0 Å². The summed E-state index contributed by atoms with van der Waals surface area (Å²) in [6.45, 7) is 0. The van der Waals surface area contributed by atoms with E-state index in [1.54, 1.807) is 11.3 Å². The first kappa shape index (κ1) is 10.2. The molecule has 17 heavy (non-hydrogen) atoms. The number of rotatable bonds is 2. The van der Waals surface area contributed by atoms with Gasteiger partial charge >= 0.3 is 0 Å². The van der Waals surface area contributed by atoms with Crippen LogP contribution in [0.4, 0.5) is 0 Å². The van der Waals surface area contributed by atoms with Crippen molar-refractivity contribution in [3.63, 3.8) is 0 Å². The molecule has 1 aromatic carbocycles. The lowest BCUT2D eigenvalue weighted by molar-refractivity contribution is 0.112. The van der Waals surface area contributed by atoms with E-state index in [1.807, 2.05) is 41.9 Å². The van der Waals surface area contributed by atoms with Crippen molar-refractivity contribution < 1.29 is 4.79 Å². The van der Waals surface area contributed by atoms with E-state index in [-0.39, 0.29) is 0 Å². The molecule has 2 nitrogen and oxygen atoms in total. The Morgan fingerprint density at radius 1 is 1.18 bits per heavy atom. The standard InChI is InChI=1S/C14H9NOS/c16-9-11-5-6-17-14(11)12-7-10-3-1-2-4-13(10)15-8-12/h1-9H. The van der Waals surface area contributed by atoms with Gasteiger partial charge in [-0.2, -0.15) is 0 Å². The van der Waals surface area contributed by atoms with E-state index in [2.05, 4.69) is 11.1 Å². The number of hydrogen-bond acceptors (Lipinski definition) is 3. The van der Waals surface area contributed by atoms with E-state index in [0.717, 1.165) is 33.2 Å². The van der Waals surface area contributed by atoms with Gasteiger partial charge in [-0.1, -0.05) is 18.2 Å². The van der Waals surface area contributed by atoms with Crippen molar-refractivity contribution in [2.45, 2.75) is 0 Å². The average molecular weight is 239 g/mol. The van der Waals surface area contributed by atoms with E-state index in [4.69, 9.17) is 0 Å². The molecule has 2 heterocycles. The summed E-state index contributed by atoms with van der Waals surface area (Å²) in [6, 6.07) is 11.9. The molecule has 82 valence electrons. The van der Waals surface area contributed by atoms with Crippen LogP contribution < -0.4 is 0 Å². The van der Waals surface area contributed by atoms with Crippen LogP contribution in [0.5, 0.6) is 0 Å². The summed E-state index contributed by atoms with van der Waals surface area (Å²) in [5.74, 6) is 0. The molecule has 0 unspecified atom stereocenters. The third-order valence-corrected chi connectivity index (χ3v) is 3.65. The zero-order valence-electron chi connectivity index (χ0n) is 8.96. The van der Waals surface area contributed by atoms with Gasteiger partial charge in [0.2, 0.25) is 0 Å². The summed E-state index contributed by atoms with van der Waals surface area (Å²) >= 11 is 1.56. The molecule has 0 spiro atoms. The summed E-state index contributed by atoms with van der Waals surface area (Å²) in [5, 5.41) is 3.02. The number of carbonyl (C=O) groups excluding carboxylic acids is 1. The minimum Gasteiger partial charge on any atom is -0.298 e. The van der Waals surface area contributed by atoms with Gasteiger partial charge in [-0.15, -0.1) is 11.3 Å². The van der Waals surface area contributed by atoms with E-state index in [9.17, 15) is 4.79 Å². The molecule has 3 heteroatoms. The van der Waals surface area contributed by atoms with Crippen LogP contribution in [-0.2, 0) is 0 Å². The number of para-hydroxylation sites is 1. The molecule has 3 rings (SSSR count). The summed E-state index contributed by atoms with van der Waals surface area (Å²) in [7, 11) is 0. The molecule has 0 saturated heterocycles. The zero-order chi connectivity index (χ0) is 11.7. The molecule has 2 aromatic heterocycles. The van der Waals surface area contributed by atoms with E-state index >= 15 is 0 Å². The number of nitrogens with zero attached hydrogens (tertiary/aromatic N) is 1. The number of hydrogen-bond donors (Lipinski definition) is 0. The molecular formula is C14H9NOS. The van der Waals surface area contributed by atoms with Crippen molar-refractivity contribution in [3.05, 3.63) is 53.5 Å². The van der Waals surface area contributed by atoms with Crippen LogP contribution in [0.2, 0.25) is 0 Å². The van der Waals surface area contributed by atoms with Crippen molar-refractivity contribution in [3.8, 4) is 10.4 Å². The van der Waals surface area contributed by atoms with Crippen molar-refractivity contribution >= 4 is 28.5 Å². The van der Waals surface area contributed by atoms with E-state index < -0.39 is 0 Å². The third-order valence-electron chi connectivity index (χ3n) is 2.68. The van der Waals surface area contributed by atoms with Crippen LogP contribution in [0.3, 0.4) is 0 Å². The maximum atomic E-state index is 10.9. The quantitative estimate of drug-likeness (QED) is 0.637. The predicted molar refractivity (Wildman–Crippen MR) is 70.4 cm³/mol. The molecule has 0 saturated carbocycles. The molecule has 0 N–H and O–H groups in total. The lowest BCUT2D eigenvalue weighted by Gasteiger charge is -2.01. The molecule has 0 aliphatic carbocycles. The first-order chi connectivity index (χ1) is 8.38. The van der Waals surface area contributed by atoms with Crippen LogP contribution >= 0.6 is 11.3 Å².